The maximum absolute atomic E-state index is 12.1. The molecule has 130 valence electrons. The number of imide groups is 1. The molecular formula is C15H18N2O7. The predicted octanol–water partition coefficient (Wildman–Crippen LogP) is 0.944. The second-order valence-electron chi connectivity index (χ2n) is 5.08. The Morgan fingerprint density at radius 1 is 1.21 bits per heavy atom. The number of ether oxygens (including phenoxy) is 3. The number of H-pyrrole nitrogens is 1. The van der Waals surface area contributed by atoms with Crippen LogP contribution in [0.15, 0.2) is 0 Å². The van der Waals surface area contributed by atoms with Crippen LogP contribution in [-0.4, -0.2) is 60.2 Å². The number of hydrogen-bond donors (Lipinski definition) is 1. The second-order valence-corrected chi connectivity index (χ2v) is 5.08. The summed E-state index contributed by atoms with van der Waals surface area (Å²) in [5.41, 5.74) is 1.17. The number of carbonyl (C=O) groups excluding carboxylic acids is 4. The molecule has 9 heteroatoms. The average Bonchev–Trinajstić information content (AvgIpc) is 3.08. The summed E-state index contributed by atoms with van der Waals surface area (Å²) in [4.78, 5) is 50.7. The third-order valence-electron chi connectivity index (χ3n) is 3.51. The Labute approximate surface area is 137 Å². The first kappa shape index (κ1) is 17.5. The van der Waals surface area contributed by atoms with Crippen molar-refractivity contribution < 1.29 is 33.4 Å². The second kappa shape index (κ2) is 7.16. The van der Waals surface area contributed by atoms with E-state index in [0.29, 0.717) is 11.3 Å². The molecule has 24 heavy (non-hydrogen) atoms. The molecular weight excluding hydrogens is 320 g/mol. The molecule has 2 rings (SSSR count). The Hall–Kier alpha value is -2.84. The molecule has 0 atom stereocenters. The van der Waals surface area contributed by atoms with Crippen LogP contribution >= 0.6 is 0 Å². The van der Waals surface area contributed by atoms with Gasteiger partial charge in [0.2, 0.25) is 0 Å². The van der Waals surface area contributed by atoms with E-state index in [1.165, 1.54) is 0 Å². The molecule has 1 aliphatic heterocycles. The minimum atomic E-state index is -0.799. The Morgan fingerprint density at radius 2 is 1.92 bits per heavy atom. The van der Waals surface area contributed by atoms with Gasteiger partial charge < -0.3 is 19.2 Å². The van der Waals surface area contributed by atoms with Crippen molar-refractivity contribution in [3.05, 3.63) is 22.5 Å². The molecule has 0 spiro atoms. The monoisotopic (exact) mass is 338 g/mol. The van der Waals surface area contributed by atoms with Crippen molar-refractivity contribution in [1.82, 2.24) is 9.88 Å². The largest absolute Gasteiger partial charge is 0.462 e. The third-order valence-corrected chi connectivity index (χ3v) is 3.51. The van der Waals surface area contributed by atoms with Crippen molar-refractivity contribution in [1.29, 1.82) is 0 Å². The van der Waals surface area contributed by atoms with E-state index in [1.54, 1.807) is 20.8 Å². The molecule has 0 unspecified atom stereocenters. The van der Waals surface area contributed by atoms with Gasteiger partial charge in [0.15, 0.2) is 6.61 Å². The smallest absolute Gasteiger partial charge is 0.416 e. The number of nitrogens with one attached hydrogen (secondary N) is 1. The number of carbonyl (C=O) groups is 4. The van der Waals surface area contributed by atoms with Crippen LogP contribution in [-0.2, 0) is 19.0 Å². The predicted molar refractivity (Wildman–Crippen MR) is 79.6 cm³/mol. The molecule has 0 aliphatic carbocycles. The van der Waals surface area contributed by atoms with Crippen LogP contribution in [0.4, 0.5) is 4.79 Å². The summed E-state index contributed by atoms with van der Waals surface area (Å²) in [6, 6.07) is 0. The summed E-state index contributed by atoms with van der Waals surface area (Å²) >= 11 is 0. The van der Waals surface area contributed by atoms with Gasteiger partial charge in [-0.1, -0.05) is 0 Å². The van der Waals surface area contributed by atoms with E-state index < -0.39 is 30.5 Å². The molecule has 1 saturated heterocycles. The maximum Gasteiger partial charge on any atom is 0.416 e. The van der Waals surface area contributed by atoms with E-state index in [-0.39, 0.29) is 31.0 Å². The van der Waals surface area contributed by atoms with Crippen molar-refractivity contribution in [2.45, 2.75) is 20.8 Å². The first-order valence-electron chi connectivity index (χ1n) is 7.37. The number of nitrogens with zero attached hydrogens (tertiary/aromatic N) is 1. The average molecular weight is 338 g/mol. The van der Waals surface area contributed by atoms with Gasteiger partial charge in [-0.15, -0.1) is 0 Å². The molecule has 2 amide bonds. The minimum absolute atomic E-state index is 0.0624. The maximum atomic E-state index is 12.1. The van der Waals surface area contributed by atoms with E-state index >= 15 is 0 Å². The first-order chi connectivity index (χ1) is 11.4. The number of hydrogen-bond acceptors (Lipinski definition) is 7. The summed E-state index contributed by atoms with van der Waals surface area (Å²) < 4.78 is 14.5. The van der Waals surface area contributed by atoms with Gasteiger partial charge in [0, 0.05) is 5.69 Å². The number of esters is 2. The lowest BCUT2D eigenvalue weighted by Crippen LogP contribution is -2.35. The summed E-state index contributed by atoms with van der Waals surface area (Å²) in [6.07, 6.45) is -0.757. The van der Waals surface area contributed by atoms with Gasteiger partial charge in [-0.05, 0) is 26.3 Å². The number of aromatic amines is 1. The fraction of sp³-hybridized carbons (Fsp3) is 0.467. The molecule has 9 nitrogen and oxygen atoms in total. The lowest BCUT2D eigenvalue weighted by atomic mass is 10.1. The van der Waals surface area contributed by atoms with Gasteiger partial charge >= 0.3 is 18.0 Å². The molecule has 1 fully saturated rings. The van der Waals surface area contributed by atoms with Gasteiger partial charge in [-0.2, -0.15) is 0 Å². The Morgan fingerprint density at radius 3 is 2.50 bits per heavy atom. The highest BCUT2D eigenvalue weighted by Crippen LogP contribution is 2.20. The highest BCUT2D eigenvalue weighted by Gasteiger charge is 2.30. The van der Waals surface area contributed by atoms with Crippen LogP contribution < -0.4 is 0 Å². The highest BCUT2D eigenvalue weighted by atomic mass is 16.6. The summed E-state index contributed by atoms with van der Waals surface area (Å²) in [5, 5.41) is 0. The van der Waals surface area contributed by atoms with Crippen molar-refractivity contribution in [2.24, 2.45) is 0 Å². The van der Waals surface area contributed by atoms with Gasteiger partial charge in [0.25, 0.3) is 5.91 Å². The topological polar surface area (TPSA) is 115 Å². The Bertz CT molecular complexity index is 692. The molecule has 0 aromatic carbocycles. The lowest BCUT2D eigenvalue weighted by Gasteiger charge is -2.10. The standard InChI is InChI=1S/C15H18N2O7/c1-4-22-13(19)11-8(2)12(16-9(11)3)14(20)24-7-10(18)17-5-6-23-15(17)21/h16H,4-7H2,1-3H3. The van der Waals surface area contributed by atoms with Crippen LogP contribution in [0.5, 0.6) is 0 Å². The third kappa shape index (κ3) is 3.39. The fourth-order valence-electron chi connectivity index (χ4n) is 2.36. The van der Waals surface area contributed by atoms with E-state index in [1.807, 2.05) is 0 Å². The van der Waals surface area contributed by atoms with E-state index in [9.17, 15) is 19.2 Å². The summed E-state index contributed by atoms with van der Waals surface area (Å²) in [7, 11) is 0. The normalized spacial score (nSPS) is 13.6. The molecule has 1 N–H and O–H groups in total. The van der Waals surface area contributed by atoms with Crippen molar-refractivity contribution in [3.8, 4) is 0 Å². The zero-order valence-corrected chi connectivity index (χ0v) is 13.6. The van der Waals surface area contributed by atoms with Crippen LogP contribution in [0.1, 0.15) is 39.0 Å². The number of rotatable bonds is 5. The molecule has 0 saturated carbocycles. The van der Waals surface area contributed by atoms with Crippen LogP contribution in [0, 0.1) is 13.8 Å². The highest BCUT2D eigenvalue weighted by molar-refractivity contribution is 5.99. The van der Waals surface area contributed by atoms with E-state index in [4.69, 9.17) is 9.47 Å². The van der Waals surface area contributed by atoms with Crippen molar-refractivity contribution >= 4 is 23.9 Å². The Balaban J connectivity index is 2.05. The zero-order chi connectivity index (χ0) is 17.9. The van der Waals surface area contributed by atoms with E-state index in [0.717, 1.165) is 4.90 Å². The number of aryl methyl sites for hydroxylation is 1. The molecule has 1 aliphatic rings. The quantitative estimate of drug-likeness (QED) is 0.627. The lowest BCUT2D eigenvalue weighted by molar-refractivity contribution is -0.131. The zero-order valence-electron chi connectivity index (χ0n) is 13.6. The van der Waals surface area contributed by atoms with Crippen LogP contribution in [0.3, 0.4) is 0 Å². The van der Waals surface area contributed by atoms with Crippen molar-refractivity contribution in [3.63, 3.8) is 0 Å². The number of amides is 2. The molecule has 1 aromatic heterocycles. The van der Waals surface area contributed by atoms with Gasteiger partial charge in [0.1, 0.15) is 12.3 Å². The van der Waals surface area contributed by atoms with Crippen LogP contribution in [0.2, 0.25) is 0 Å². The summed E-state index contributed by atoms with van der Waals surface area (Å²) in [6.45, 7) is 4.75. The summed E-state index contributed by atoms with van der Waals surface area (Å²) in [5.74, 6) is -2.01. The molecule has 2 heterocycles. The molecule has 0 bridgehead atoms. The van der Waals surface area contributed by atoms with E-state index in [2.05, 4.69) is 9.72 Å². The number of cyclic esters (lactones) is 1. The molecule has 0 radical (unpaired) electrons. The number of aromatic nitrogens is 1. The van der Waals surface area contributed by atoms with Gasteiger partial charge in [-0.25, -0.2) is 19.3 Å². The van der Waals surface area contributed by atoms with Crippen LogP contribution in [0.25, 0.3) is 0 Å². The van der Waals surface area contributed by atoms with Crippen molar-refractivity contribution in [2.75, 3.05) is 26.4 Å². The Kier molecular flexibility index (Phi) is 5.22. The molecule has 1 aromatic rings. The first-order valence-corrected chi connectivity index (χ1v) is 7.37. The fourth-order valence-corrected chi connectivity index (χ4v) is 2.36. The minimum Gasteiger partial charge on any atom is -0.462 e. The SMILES string of the molecule is CCOC(=O)c1c(C)[nH]c(C(=O)OCC(=O)N2CCOC2=O)c1C. The van der Waals surface area contributed by atoms with Gasteiger partial charge in [-0.3, -0.25) is 4.79 Å². The van der Waals surface area contributed by atoms with Gasteiger partial charge in [0.05, 0.1) is 18.7 Å².